The van der Waals surface area contributed by atoms with Crippen LogP contribution in [0.3, 0.4) is 0 Å². The van der Waals surface area contributed by atoms with Gasteiger partial charge in [0.2, 0.25) is 11.8 Å². The maximum atomic E-state index is 11.8. The zero-order valence-electron chi connectivity index (χ0n) is 10.4. The van der Waals surface area contributed by atoms with Gasteiger partial charge in [-0.1, -0.05) is 6.92 Å². The van der Waals surface area contributed by atoms with Crippen molar-refractivity contribution >= 4 is 21.7 Å². The maximum Gasteiger partial charge on any atom is 0.243 e. The summed E-state index contributed by atoms with van der Waals surface area (Å²) >= 11 is 0. The van der Waals surface area contributed by atoms with Gasteiger partial charge in [0.25, 0.3) is 0 Å². The SMILES string of the molecule is CCC1C(=O)NCC(=O)N1CC1CCS(=O)(=O)C1. The number of sulfone groups is 1. The summed E-state index contributed by atoms with van der Waals surface area (Å²) in [5.74, 6) is 0.0416. The van der Waals surface area contributed by atoms with Crippen molar-refractivity contribution in [2.75, 3.05) is 24.6 Å². The Kier molecular flexibility index (Phi) is 3.61. The van der Waals surface area contributed by atoms with E-state index in [4.69, 9.17) is 0 Å². The summed E-state index contributed by atoms with van der Waals surface area (Å²) in [6, 6.07) is -0.449. The lowest BCUT2D eigenvalue weighted by Gasteiger charge is -2.35. The van der Waals surface area contributed by atoms with E-state index in [0.717, 1.165) is 0 Å². The van der Waals surface area contributed by atoms with Gasteiger partial charge in [-0.25, -0.2) is 8.42 Å². The van der Waals surface area contributed by atoms with E-state index in [0.29, 0.717) is 19.4 Å². The van der Waals surface area contributed by atoms with Crippen molar-refractivity contribution in [2.24, 2.45) is 5.92 Å². The van der Waals surface area contributed by atoms with Gasteiger partial charge in [-0.3, -0.25) is 9.59 Å². The summed E-state index contributed by atoms with van der Waals surface area (Å²) in [6.07, 6.45) is 1.14. The van der Waals surface area contributed by atoms with E-state index in [1.54, 1.807) is 4.90 Å². The molecule has 2 rings (SSSR count). The molecule has 0 saturated carbocycles. The first kappa shape index (κ1) is 13.3. The van der Waals surface area contributed by atoms with Crippen molar-refractivity contribution < 1.29 is 18.0 Å². The van der Waals surface area contributed by atoms with Crippen molar-refractivity contribution in [2.45, 2.75) is 25.8 Å². The third-order valence-corrected chi connectivity index (χ3v) is 5.42. The minimum absolute atomic E-state index is 0.0226. The third kappa shape index (κ3) is 2.66. The number of rotatable bonds is 3. The predicted octanol–water partition coefficient (Wildman–Crippen LogP) is -0.842. The van der Waals surface area contributed by atoms with Crippen LogP contribution in [0, 0.1) is 5.92 Å². The molecule has 102 valence electrons. The highest BCUT2D eigenvalue weighted by Gasteiger charge is 2.37. The molecule has 2 atom stereocenters. The van der Waals surface area contributed by atoms with E-state index in [2.05, 4.69) is 5.32 Å². The molecule has 0 aromatic rings. The van der Waals surface area contributed by atoms with Crippen LogP contribution in [0.5, 0.6) is 0 Å². The number of carbonyl (C=O) groups excluding carboxylic acids is 2. The molecule has 0 radical (unpaired) electrons. The van der Waals surface area contributed by atoms with Crippen LogP contribution in [-0.4, -0.2) is 55.8 Å². The van der Waals surface area contributed by atoms with Crippen molar-refractivity contribution in [1.29, 1.82) is 0 Å². The number of piperazine rings is 1. The molecule has 0 spiro atoms. The highest BCUT2D eigenvalue weighted by molar-refractivity contribution is 7.91. The van der Waals surface area contributed by atoms with Crippen LogP contribution in [-0.2, 0) is 19.4 Å². The molecule has 2 unspecified atom stereocenters. The monoisotopic (exact) mass is 274 g/mol. The van der Waals surface area contributed by atoms with Crippen LogP contribution >= 0.6 is 0 Å². The maximum absolute atomic E-state index is 11.8. The van der Waals surface area contributed by atoms with Gasteiger partial charge < -0.3 is 10.2 Å². The van der Waals surface area contributed by atoms with Crippen molar-refractivity contribution in [3.8, 4) is 0 Å². The molecule has 0 aromatic heterocycles. The zero-order valence-corrected chi connectivity index (χ0v) is 11.2. The molecule has 0 aliphatic carbocycles. The van der Waals surface area contributed by atoms with E-state index in [1.807, 2.05) is 6.92 Å². The normalized spacial score (nSPS) is 31.5. The van der Waals surface area contributed by atoms with Crippen LogP contribution in [0.1, 0.15) is 19.8 Å². The van der Waals surface area contributed by atoms with E-state index in [1.165, 1.54) is 0 Å². The fourth-order valence-electron chi connectivity index (χ4n) is 2.63. The van der Waals surface area contributed by atoms with Crippen LogP contribution in [0.4, 0.5) is 0 Å². The topological polar surface area (TPSA) is 83.6 Å². The van der Waals surface area contributed by atoms with Crippen LogP contribution < -0.4 is 5.32 Å². The summed E-state index contributed by atoms with van der Waals surface area (Å²) in [7, 11) is -2.94. The minimum atomic E-state index is -2.94. The molecule has 2 amide bonds. The second kappa shape index (κ2) is 4.87. The van der Waals surface area contributed by atoms with Crippen LogP contribution in [0.25, 0.3) is 0 Å². The highest BCUT2D eigenvalue weighted by atomic mass is 32.2. The molecule has 7 heteroatoms. The predicted molar refractivity (Wildman–Crippen MR) is 65.6 cm³/mol. The molecule has 1 N–H and O–H groups in total. The molecular weight excluding hydrogens is 256 g/mol. The standard InChI is InChI=1S/C11H18N2O4S/c1-2-9-11(15)12-5-10(14)13(9)6-8-3-4-18(16,17)7-8/h8-9H,2-7H2,1H3,(H,12,15). The minimum Gasteiger partial charge on any atom is -0.345 e. The largest absolute Gasteiger partial charge is 0.345 e. The van der Waals surface area contributed by atoms with Gasteiger partial charge in [0.1, 0.15) is 6.04 Å². The Morgan fingerprint density at radius 2 is 2.11 bits per heavy atom. The molecule has 2 fully saturated rings. The summed E-state index contributed by atoms with van der Waals surface area (Å²) in [5.41, 5.74) is 0. The van der Waals surface area contributed by atoms with Gasteiger partial charge in [-0.05, 0) is 18.8 Å². The molecule has 2 aliphatic rings. The van der Waals surface area contributed by atoms with Gasteiger partial charge in [0.05, 0.1) is 18.1 Å². The quantitative estimate of drug-likeness (QED) is 0.727. The smallest absolute Gasteiger partial charge is 0.243 e. The summed E-state index contributed by atoms with van der Waals surface area (Å²) in [6.45, 7) is 2.25. The Morgan fingerprint density at radius 3 is 2.67 bits per heavy atom. The van der Waals surface area contributed by atoms with Crippen LogP contribution in [0.15, 0.2) is 0 Å². The molecule has 2 heterocycles. The molecule has 0 bridgehead atoms. The first-order chi connectivity index (χ1) is 8.43. The lowest BCUT2D eigenvalue weighted by atomic mass is 10.0. The van der Waals surface area contributed by atoms with Gasteiger partial charge >= 0.3 is 0 Å². The number of carbonyl (C=O) groups is 2. The molecule has 6 nitrogen and oxygen atoms in total. The van der Waals surface area contributed by atoms with E-state index >= 15 is 0 Å². The summed E-state index contributed by atoms with van der Waals surface area (Å²) in [5, 5.41) is 2.56. The number of hydrogen-bond donors (Lipinski definition) is 1. The van der Waals surface area contributed by atoms with Gasteiger partial charge in [0.15, 0.2) is 9.84 Å². The van der Waals surface area contributed by atoms with Gasteiger partial charge in [0, 0.05) is 6.54 Å². The number of nitrogens with one attached hydrogen (secondary N) is 1. The summed E-state index contributed by atoms with van der Waals surface area (Å²) < 4.78 is 22.8. The highest BCUT2D eigenvalue weighted by Crippen LogP contribution is 2.22. The third-order valence-electron chi connectivity index (χ3n) is 3.58. The van der Waals surface area contributed by atoms with Crippen molar-refractivity contribution in [3.63, 3.8) is 0 Å². The average molecular weight is 274 g/mol. The number of nitrogens with zero attached hydrogens (tertiary/aromatic N) is 1. The lowest BCUT2D eigenvalue weighted by Crippen LogP contribution is -2.59. The van der Waals surface area contributed by atoms with E-state index in [9.17, 15) is 18.0 Å². The molecule has 18 heavy (non-hydrogen) atoms. The Bertz CT molecular complexity index is 460. The number of hydrogen-bond acceptors (Lipinski definition) is 4. The van der Waals surface area contributed by atoms with Crippen molar-refractivity contribution in [3.05, 3.63) is 0 Å². The van der Waals surface area contributed by atoms with E-state index < -0.39 is 15.9 Å². The number of amides is 2. The second-order valence-corrected chi connectivity index (χ2v) is 7.19. The first-order valence-electron chi connectivity index (χ1n) is 6.20. The molecular formula is C11H18N2O4S. The van der Waals surface area contributed by atoms with Gasteiger partial charge in [-0.15, -0.1) is 0 Å². The Hall–Kier alpha value is -1.11. The molecule has 2 aliphatic heterocycles. The van der Waals surface area contributed by atoms with Crippen LogP contribution in [0.2, 0.25) is 0 Å². The first-order valence-corrected chi connectivity index (χ1v) is 8.02. The second-order valence-electron chi connectivity index (χ2n) is 4.96. The molecule has 2 saturated heterocycles. The Balaban J connectivity index is 2.06. The average Bonchev–Trinajstić information content (AvgIpc) is 2.64. The zero-order chi connectivity index (χ0) is 13.3. The fourth-order valence-corrected chi connectivity index (χ4v) is 4.48. The van der Waals surface area contributed by atoms with E-state index in [-0.39, 0.29) is 35.8 Å². The lowest BCUT2D eigenvalue weighted by molar-refractivity contribution is -0.146. The Morgan fingerprint density at radius 1 is 1.39 bits per heavy atom. The fraction of sp³-hybridized carbons (Fsp3) is 0.818. The Labute approximate surface area is 107 Å². The van der Waals surface area contributed by atoms with Crippen molar-refractivity contribution in [1.82, 2.24) is 10.2 Å². The van der Waals surface area contributed by atoms with Gasteiger partial charge in [-0.2, -0.15) is 0 Å². The molecule has 0 aromatic carbocycles. The summed E-state index contributed by atoms with van der Waals surface area (Å²) in [4.78, 5) is 25.0.